The number of hydrogen-bond acceptors (Lipinski definition) is 1. The van der Waals surface area contributed by atoms with Gasteiger partial charge in [0.15, 0.2) is 0 Å². The van der Waals surface area contributed by atoms with Crippen molar-refractivity contribution in [3.8, 4) is 0 Å². The zero-order valence-corrected chi connectivity index (χ0v) is 9.31. The molecule has 0 saturated heterocycles. The van der Waals surface area contributed by atoms with Gasteiger partial charge in [0.25, 0.3) is 0 Å². The minimum absolute atomic E-state index is 0.219. The molecule has 2 nitrogen and oxygen atoms in total. The molecule has 0 fully saturated rings. The zero-order chi connectivity index (χ0) is 11.5. The van der Waals surface area contributed by atoms with E-state index >= 15 is 0 Å². The Bertz CT molecular complexity index is 509. The molecule has 0 radical (unpaired) electrons. The number of halogens is 1. The number of rotatable bonds is 2. The Morgan fingerprint density at radius 3 is 2.44 bits per heavy atom. The van der Waals surface area contributed by atoms with Gasteiger partial charge in [0.2, 0.25) is 0 Å². The van der Waals surface area contributed by atoms with E-state index in [0.717, 1.165) is 17.0 Å². The first-order chi connectivity index (χ1) is 7.65. The van der Waals surface area contributed by atoms with Gasteiger partial charge in [-0.3, -0.25) is 0 Å². The number of nitrogens with zero attached hydrogens (tertiary/aromatic N) is 2. The maximum absolute atomic E-state index is 12.7. The molecule has 0 saturated carbocycles. The number of aromatic nitrogens is 2. The monoisotopic (exact) mass is 216 g/mol. The molecule has 0 unspecified atom stereocenters. The van der Waals surface area contributed by atoms with E-state index in [9.17, 15) is 4.39 Å². The third kappa shape index (κ3) is 2.37. The van der Waals surface area contributed by atoms with Gasteiger partial charge in [-0.2, -0.15) is 5.10 Å². The number of hydrogen-bond donors (Lipinski definition) is 0. The largest absolute Gasteiger partial charge is 0.245 e. The summed E-state index contributed by atoms with van der Waals surface area (Å²) in [4.78, 5) is 0. The van der Waals surface area contributed by atoms with Crippen LogP contribution < -0.4 is 0 Å². The van der Waals surface area contributed by atoms with Crippen molar-refractivity contribution in [1.82, 2.24) is 9.78 Å². The molecule has 1 aromatic heterocycles. The van der Waals surface area contributed by atoms with Crippen LogP contribution in [-0.4, -0.2) is 9.78 Å². The quantitative estimate of drug-likeness (QED) is 0.753. The first kappa shape index (κ1) is 10.6. The van der Waals surface area contributed by atoms with Crippen molar-refractivity contribution >= 4 is 12.3 Å². The van der Waals surface area contributed by atoms with Crippen molar-refractivity contribution in [3.05, 3.63) is 53.1 Å². The van der Waals surface area contributed by atoms with Crippen molar-refractivity contribution in [3.63, 3.8) is 0 Å². The normalized spacial score (nSPS) is 11.2. The Morgan fingerprint density at radius 1 is 1.19 bits per heavy atom. The smallest absolute Gasteiger partial charge is 0.123 e. The van der Waals surface area contributed by atoms with Crippen LogP contribution in [0.2, 0.25) is 0 Å². The molecule has 1 aromatic carbocycles. The third-order valence-corrected chi connectivity index (χ3v) is 2.32. The van der Waals surface area contributed by atoms with Crippen molar-refractivity contribution in [2.45, 2.75) is 13.8 Å². The molecule has 3 heteroatoms. The highest BCUT2D eigenvalue weighted by Gasteiger charge is 1.96. The van der Waals surface area contributed by atoms with E-state index < -0.39 is 0 Å². The fraction of sp³-hybridized carbons (Fsp3) is 0.154. The first-order valence-electron chi connectivity index (χ1n) is 5.12. The van der Waals surface area contributed by atoms with E-state index in [1.165, 1.54) is 12.1 Å². The Morgan fingerprint density at radius 2 is 1.88 bits per heavy atom. The van der Waals surface area contributed by atoms with Gasteiger partial charge in [-0.25, -0.2) is 9.07 Å². The van der Waals surface area contributed by atoms with Gasteiger partial charge in [-0.15, -0.1) is 0 Å². The van der Waals surface area contributed by atoms with Gasteiger partial charge < -0.3 is 0 Å². The fourth-order valence-electron chi connectivity index (χ4n) is 1.53. The average Bonchev–Trinajstić information content (AvgIpc) is 2.57. The summed E-state index contributed by atoms with van der Waals surface area (Å²) in [5.74, 6) is -0.219. The van der Waals surface area contributed by atoms with E-state index in [-0.39, 0.29) is 5.82 Å². The third-order valence-electron chi connectivity index (χ3n) is 2.32. The average molecular weight is 216 g/mol. The lowest BCUT2D eigenvalue weighted by atomic mass is 10.2. The molecular formula is C13H13FN2. The molecule has 2 aromatic rings. The molecule has 0 aliphatic carbocycles. The van der Waals surface area contributed by atoms with E-state index in [2.05, 4.69) is 5.10 Å². The Hall–Kier alpha value is -1.90. The molecule has 0 aliphatic heterocycles. The standard InChI is InChI=1S/C13H13FN2/c1-10-9-11(2)16(15-10)8-7-12-3-5-13(14)6-4-12/h3-9H,1-2H3/b8-7-. The minimum Gasteiger partial charge on any atom is -0.245 e. The van der Waals surface area contributed by atoms with Gasteiger partial charge >= 0.3 is 0 Å². The molecule has 16 heavy (non-hydrogen) atoms. The molecule has 2 rings (SSSR count). The first-order valence-corrected chi connectivity index (χ1v) is 5.12. The van der Waals surface area contributed by atoms with Crippen LogP contribution >= 0.6 is 0 Å². The zero-order valence-electron chi connectivity index (χ0n) is 9.31. The molecule has 0 bridgehead atoms. The highest BCUT2D eigenvalue weighted by Crippen LogP contribution is 2.07. The van der Waals surface area contributed by atoms with Crippen molar-refractivity contribution in [2.24, 2.45) is 0 Å². The van der Waals surface area contributed by atoms with Gasteiger partial charge in [-0.05, 0) is 43.7 Å². The Balaban J connectivity index is 2.21. The van der Waals surface area contributed by atoms with Gasteiger partial charge in [-0.1, -0.05) is 12.1 Å². The topological polar surface area (TPSA) is 17.8 Å². The second kappa shape index (κ2) is 4.31. The lowest BCUT2D eigenvalue weighted by Gasteiger charge is -1.96. The Labute approximate surface area is 94.0 Å². The van der Waals surface area contributed by atoms with Crippen LogP contribution in [0.5, 0.6) is 0 Å². The maximum atomic E-state index is 12.7. The van der Waals surface area contributed by atoms with Crippen LogP contribution in [-0.2, 0) is 0 Å². The van der Waals surface area contributed by atoms with E-state index in [1.54, 1.807) is 16.8 Å². The van der Waals surface area contributed by atoms with E-state index in [0.29, 0.717) is 0 Å². The summed E-state index contributed by atoms with van der Waals surface area (Å²) in [6, 6.07) is 8.37. The SMILES string of the molecule is Cc1cc(C)n(/C=C\c2ccc(F)cc2)n1. The number of aryl methyl sites for hydroxylation is 2. The summed E-state index contributed by atoms with van der Waals surface area (Å²) < 4.78 is 14.5. The van der Waals surface area contributed by atoms with Crippen LogP contribution in [0.25, 0.3) is 12.3 Å². The summed E-state index contributed by atoms with van der Waals surface area (Å²) in [5.41, 5.74) is 3.02. The van der Waals surface area contributed by atoms with Crippen molar-refractivity contribution in [2.75, 3.05) is 0 Å². The molecule has 0 spiro atoms. The second-order valence-electron chi connectivity index (χ2n) is 3.74. The van der Waals surface area contributed by atoms with Crippen LogP contribution in [0.3, 0.4) is 0 Å². The van der Waals surface area contributed by atoms with Crippen LogP contribution in [0.1, 0.15) is 17.0 Å². The molecular weight excluding hydrogens is 203 g/mol. The summed E-state index contributed by atoms with van der Waals surface area (Å²) in [7, 11) is 0. The maximum Gasteiger partial charge on any atom is 0.123 e. The molecule has 0 amide bonds. The van der Waals surface area contributed by atoms with Crippen LogP contribution in [0, 0.1) is 19.7 Å². The minimum atomic E-state index is -0.219. The molecule has 1 heterocycles. The van der Waals surface area contributed by atoms with Crippen LogP contribution in [0.15, 0.2) is 30.3 Å². The van der Waals surface area contributed by atoms with Gasteiger partial charge in [0.1, 0.15) is 5.82 Å². The summed E-state index contributed by atoms with van der Waals surface area (Å²) >= 11 is 0. The predicted octanol–water partition coefficient (Wildman–Crippen LogP) is 3.27. The van der Waals surface area contributed by atoms with Crippen LogP contribution in [0.4, 0.5) is 4.39 Å². The lowest BCUT2D eigenvalue weighted by molar-refractivity contribution is 0.628. The highest BCUT2D eigenvalue weighted by atomic mass is 19.1. The Kier molecular flexibility index (Phi) is 2.86. The van der Waals surface area contributed by atoms with Gasteiger partial charge in [0.05, 0.1) is 5.69 Å². The molecule has 0 N–H and O–H groups in total. The van der Waals surface area contributed by atoms with Crippen molar-refractivity contribution < 1.29 is 4.39 Å². The van der Waals surface area contributed by atoms with Gasteiger partial charge in [0, 0.05) is 11.9 Å². The fourth-order valence-corrected chi connectivity index (χ4v) is 1.53. The van der Waals surface area contributed by atoms with E-state index in [4.69, 9.17) is 0 Å². The number of benzene rings is 1. The molecule has 0 aliphatic rings. The molecule has 0 atom stereocenters. The lowest BCUT2D eigenvalue weighted by Crippen LogP contribution is -1.91. The summed E-state index contributed by atoms with van der Waals surface area (Å²) in [6.07, 6.45) is 3.77. The predicted molar refractivity (Wildman–Crippen MR) is 63.3 cm³/mol. The molecule has 82 valence electrons. The summed E-state index contributed by atoms with van der Waals surface area (Å²) in [5, 5.41) is 4.30. The second-order valence-corrected chi connectivity index (χ2v) is 3.74. The highest BCUT2D eigenvalue weighted by molar-refractivity contribution is 5.60. The van der Waals surface area contributed by atoms with E-state index in [1.807, 2.05) is 32.2 Å². The van der Waals surface area contributed by atoms with Crippen molar-refractivity contribution in [1.29, 1.82) is 0 Å². The summed E-state index contributed by atoms with van der Waals surface area (Å²) in [6.45, 7) is 3.95.